The van der Waals surface area contributed by atoms with Crippen LogP contribution in [0.1, 0.15) is 31.7 Å². The molecule has 2 heteroatoms. The van der Waals surface area contributed by atoms with Crippen LogP contribution < -0.4 is 5.32 Å². The van der Waals surface area contributed by atoms with Crippen molar-refractivity contribution in [3.8, 4) is 0 Å². The molecule has 1 aromatic rings. The predicted octanol–water partition coefficient (Wildman–Crippen LogP) is 3.53. The Balaban J connectivity index is 1.69. The van der Waals surface area contributed by atoms with E-state index in [9.17, 15) is 0 Å². The van der Waals surface area contributed by atoms with Crippen molar-refractivity contribution in [3.05, 3.63) is 29.8 Å². The van der Waals surface area contributed by atoms with Crippen LogP contribution in [0.15, 0.2) is 24.3 Å². The zero-order chi connectivity index (χ0) is 12.8. The van der Waals surface area contributed by atoms with E-state index in [2.05, 4.69) is 48.3 Å². The van der Waals surface area contributed by atoms with Gasteiger partial charge in [-0.3, -0.25) is 0 Å². The van der Waals surface area contributed by atoms with Crippen molar-refractivity contribution in [1.29, 1.82) is 0 Å². The fraction of sp³-hybridized carbons (Fsp3) is 0.625. The first-order valence-electron chi connectivity index (χ1n) is 7.31. The smallest absolute Gasteiger partial charge is 0.0370 e. The third-order valence-corrected chi connectivity index (χ3v) is 3.96. The van der Waals surface area contributed by atoms with Crippen molar-refractivity contribution in [3.63, 3.8) is 0 Å². The van der Waals surface area contributed by atoms with Crippen molar-refractivity contribution in [2.24, 2.45) is 5.92 Å². The maximum Gasteiger partial charge on any atom is 0.0370 e. The van der Waals surface area contributed by atoms with E-state index in [0.717, 1.165) is 12.5 Å². The largest absolute Gasteiger partial charge is 0.384 e. The lowest BCUT2D eigenvalue weighted by Crippen LogP contribution is -2.27. The number of hydrogen-bond acceptors (Lipinski definition) is 2. The maximum absolute atomic E-state index is 3.54. The molecule has 2 nitrogen and oxygen atoms in total. The van der Waals surface area contributed by atoms with Crippen molar-refractivity contribution >= 4 is 5.69 Å². The molecule has 2 rings (SSSR count). The average Bonchev–Trinajstić information content (AvgIpc) is 2.80. The number of aryl methyl sites for hydroxylation is 1. The summed E-state index contributed by atoms with van der Waals surface area (Å²) in [5.41, 5.74) is 2.62. The van der Waals surface area contributed by atoms with Crippen LogP contribution in [0.3, 0.4) is 0 Å². The number of anilines is 1. The van der Waals surface area contributed by atoms with E-state index in [1.165, 1.54) is 50.1 Å². The minimum Gasteiger partial charge on any atom is -0.384 e. The Morgan fingerprint density at radius 1 is 1.33 bits per heavy atom. The van der Waals surface area contributed by atoms with Crippen molar-refractivity contribution in [1.82, 2.24) is 4.90 Å². The fourth-order valence-corrected chi connectivity index (χ4v) is 2.88. The van der Waals surface area contributed by atoms with Gasteiger partial charge in [0.25, 0.3) is 0 Å². The molecule has 0 bridgehead atoms. The fourth-order valence-electron chi connectivity index (χ4n) is 2.88. The number of benzene rings is 1. The molecule has 1 atom stereocenters. The monoisotopic (exact) mass is 246 g/mol. The summed E-state index contributed by atoms with van der Waals surface area (Å²) in [6.45, 7) is 9.29. The van der Waals surface area contributed by atoms with Crippen LogP contribution in [-0.2, 0) is 0 Å². The molecule has 1 saturated heterocycles. The van der Waals surface area contributed by atoms with Gasteiger partial charge in [0.2, 0.25) is 0 Å². The second-order valence-corrected chi connectivity index (χ2v) is 5.49. The first kappa shape index (κ1) is 13.4. The highest BCUT2D eigenvalue weighted by Gasteiger charge is 2.20. The van der Waals surface area contributed by atoms with Gasteiger partial charge in [-0.15, -0.1) is 0 Å². The number of hydrogen-bond donors (Lipinski definition) is 1. The third-order valence-electron chi connectivity index (χ3n) is 3.96. The van der Waals surface area contributed by atoms with Gasteiger partial charge in [0.15, 0.2) is 0 Å². The normalized spacial score (nSPS) is 20.2. The third kappa shape index (κ3) is 3.74. The zero-order valence-corrected chi connectivity index (χ0v) is 11.8. The van der Waals surface area contributed by atoms with Crippen molar-refractivity contribution < 1.29 is 0 Å². The van der Waals surface area contributed by atoms with Crippen LogP contribution in [0, 0.1) is 12.8 Å². The minimum absolute atomic E-state index is 0.952. The molecule has 0 aliphatic carbocycles. The number of rotatable bonds is 6. The van der Waals surface area contributed by atoms with Gasteiger partial charge >= 0.3 is 0 Å². The Morgan fingerprint density at radius 3 is 2.94 bits per heavy atom. The Hall–Kier alpha value is -1.02. The number of para-hydroxylation sites is 1. The lowest BCUT2D eigenvalue weighted by Gasteiger charge is -2.17. The molecular weight excluding hydrogens is 220 g/mol. The quantitative estimate of drug-likeness (QED) is 0.826. The molecule has 0 amide bonds. The molecule has 0 spiro atoms. The number of nitrogens with one attached hydrogen (secondary N) is 1. The van der Waals surface area contributed by atoms with E-state index in [-0.39, 0.29) is 0 Å². The van der Waals surface area contributed by atoms with Crippen LogP contribution in [0.4, 0.5) is 5.69 Å². The van der Waals surface area contributed by atoms with Crippen molar-refractivity contribution in [2.45, 2.75) is 33.1 Å². The van der Waals surface area contributed by atoms with Gasteiger partial charge in [-0.2, -0.15) is 0 Å². The summed E-state index contributed by atoms with van der Waals surface area (Å²) >= 11 is 0. The Morgan fingerprint density at radius 2 is 2.17 bits per heavy atom. The highest BCUT2D eigenvalue weighted by atomic mass is 15.2. The molecule has 1 aliphatic rings. The second kappa shape index (κ2) is 6.79. The van der Waals surface area contributed by atoms with Gasteiger partial charge < -0.3 is 10.2 Å². The molecule has 0 saturated carbocycles. The summed E-state index contributed by atoms with van der Waals surface area (Å²) in [7, 11) is 0. The van der Waals surface area contributed by atoms with Gasteiger partial charge in [-0.1, -0.05) is 31.5 Å². The molecule has 1 N–H and O–H groups in total. The van der Waals surface area contributed by atoms with Gasteiger partial charge in [-0.05, 0) is 43.9 Å². The summed E-state index contributed by atoms with van der Waals surface area (Å²) in [6.07, 6.45) is 4.14. The van der Waals surface area contributed by atoms with Gasteiger partial charge in [0, 0.05) is 25.3 Å². The van der Waals surface area contributed by atoms with Crippen LogP contribution >= 0.6 is 0 Å². The molecule has 1 aromatic carbocycles. The number of nitrogens with zero attached hydrogens (tertiary/aromatic N) is 1. The van der Waals surface area contributed by atoms with E-state index in [1.54, 1.807) is 0 Å². The van der Waals surface area contributed by atoms with E-state index < -0.39 is 0 Å². The molecule has 0 radical (unpaired) electrons. The second-order valence-electron chi connectivity index (χ2n) is 5.49. The summed E-state index contributed by atoms with van der Waals surface area (Å²) in [6, 6.07) is 8.52. The molecule has 1 fully saturated rings. The Bertz CT molecular complexity index is 362. The van der Waals surface area contributed by atoms with E-state index in [1.807, 2.05) is 0 Å². The molecule has 1 heterocycles. The van der Waals surface area contributed by atoms with E-state index >= 15 is 0 Å². The summed E-state index contributed by atoms with van der Waals surface area (Å²) < 4.78 is 0. The van der Waals surface area contributed by atoms with Crippen LogP contribution in [0.5, 0.6) is 0 Å². The van der Waals surface area contributed by atoms with Crippen LogP contribution in [0.2, 0.25) is 0 Å². The topological polar surface area (TPSA) is 15.3 Å². The first-order chi connectivity index (χ1) is 8.79. The summed E-state index contributed by atoms with van der Waals surface area (Å²) in [5.74, 6) is 0.952. The van der Waals surface area contributed by atoms with Gasteiger partial charge in [-0.25, -0.2) is 0 Å². The molecule has 18 heavy (non-hydrogen) atoms. The first-order valence-corrected chi connectivity index (χ1v) is 7.31. The van der Waals surface area contributed by atoms with E-state index in [0.29, 0.717) is 0 Å². The maximum atomic E-state index is 3.54. The molecule has 1 aliphatic heterocycles. The highest BCUT2D eigenvalue weighted by Crippen LogP contribution is 2.20. The van der Waals surface area contributed by atoms with Crippen LogP contribution in [0.25, 0.3) is 0 Å². The molecule has 0 aromatic heterocycles. The van der Waals surface area contributed by atoms with E-state index in [4.69, 9.17) is 0 Å². The minimum atomic E-state index is 0.952. The Kier molecular flexibility index (Phi) is 5.06. The van der Waals surface area contributed by atoms with Crippen molar-refractivity contribution in [2.75, 3.05) is 31.5 Å². The molecule has 100 valence electrons. The Labute approximate surface area is 111 Å². The summed E-state index contributed by atoms with van der Waals surface area (Å²) in [4.78, 5) is 2.60. The van der Waals surface area contributed by atoms with Gasteiger partial charge in [0.1, 0.15) is 0 Å². The number of likely N-dealkylation sites (tertiary alicyclic amines) is 1. The lowest BCUT2D eigenvalue weighted by molar-refractivity contribution is 0.332. The lowest BCUT2D eigenvalue weighted by atomic mass is 10.0. The highest BCUT2D eigenvalue weighted by molar-refractivity contribution is 5.50. The molecular formula is C16H26N2. The average molecular weight is 246 g/mol. The predicted molar refractivity (Wildman–Crippen MR) is 79.1 cm³/mol. The molecule has 1 unspecified atom stereocenters. The zero-order valence-electron chi connectivity index (χ0n) is 11.8. The standard InChI is InChI=1S/C16H26N2/c1-3-6-15-9-11-18(13-15)12-10-17-16-8-5-4-7-14(16)2/h4-5,7-8,15,17H,3,6,9-13H2,1-2H3. The summed E-state index contributed by atoms with van der Waals surface area (Å²) in [5, 5.41) is 3.54. The van der Waals surface area contributed by atoms with Crippen LogP contribution in [-0.4, -0.2) is 31.1 Å². The van der Waals surface area contributed by atoms with Gasteiger partial charge in [0.05, 0.1) is 0 Å². The SMILES string of the molecule is CCCC1CCN(CCNc2ccccc2C)C1.